The molecule has 0 radical (unpaired) electrons. The zero-order valence-corrected chi connectivity index (χ0v) is 8.96. The number of nitrogens with one attached hydrogen (secondary N) is 1. The molecule has 2 aromatic heterocycles. The van der Waals surface area contributed by atoms with Crippen LogP contribution in [-0.4, -0.2) is 27.3 Å². The summed E-state index contributed by atoms with van der Waals surface area (Å²) in [5.74, 6) is -0.901. The third kappa shape index (κ3) is 1.53. The van der Waals surface area contributed by atoms with Crippen LogP contribution in [0.25, 0.3) is 0 Å². The summed E-state index contributed by atoms with van der Waals surface area (Å²) < 4.78 is 6.64. The molecule has 1 atom stereocenters. The number of carbonyl (C=O) groups is 1. The van der Waals surface area contributed by atoms with Gasteiger partial charge in [-0.2, -0.15) is 0 Å². The smallest absolute Gasteiger partial charge is 0.352 e. The molecule has 88 valence electrons. The van der Waals surface area contributed by atoms with Gasteiger partial charge in [0.05, 0.1) is 12.2 Å². The van der Waals surface area contributed by atoms with Crippen molar-refractivity contribution in [3.8, 4) is 0 Å². The summed E-state index contributed by atoms with van der Waals surface area (Å²) in [4.78, 5) is 11.1. The number of rotatable bonds is 2. The van der Waals surface area contributed by atoms with Crippen molar-refractivity contribution in [2.45, 2.75) is 12.6 Å². The maximum atomic E-state index is 11.1. The van der Waals surface area contributed by atoms with E-state index >= 15 is 0 Å². The molecule has 0 saturated heterocycles. The van der Waals surface area contributed by atoms with Crippen LogP contribution in [0.1, 0.15) is 27.8 Å². The van der Waals surface area contributed by atoms with Crippen LogP contribution in [0.4, 0.5) is 0 Å². The van der Waals surface area contributed by atoms with Gasteiger partial charge in [0.25, 0.3) is 0 Å². The van der Waals surface area contributed by atoms with Crippen LogP contribution in [0.3, 0.4) is 0 Å². The predicted molar refractivity (Wildman–Crippen MR) is 57.7 cm³/mol. The largest absolute Gasteiger partial charge is 0.477 e. The fraction of sp³-hybridized carbons (Fsp3) is 0.273. The zero-order chi connectivity index (χ0) is 11.8. The van der Waals surface area contributed by atoms with Crippen molar-refractivity contribution in [1.82, 2.24) is 15.0 Å². The molecule has 1 unspecified atom stereocenters. The van der Waals surface area contributed by atoms with Gasteiger partial charge in [0.15, 0.2) is 0 Å². The van der Waals surface area contributed by atoms with Gasteiger partial charge < -0.3 is 19.5 Å². The van der Waals surface area contributed by atoms with Crippen LogP contribution in [0.15, 0.2) is 29.1 Å². The zero-order valence-electron chi connectivity index (χ0n) is 8.96. The van der Waals surface area contributed by atoms with E-state index in [9.17, 15) is 4.79 Å². The Balaban J connectivity index is 2.06. The molecule has 1 aliphatic heterocycles. The molecule has 2 N–H and O–H groups in total. The number of carboxylic acids is 1. The van der Waals surface area contributed by atoms with Gasteiger partial charge in [-0.15, -0.1) is 0 Å². The van der Waals surface area contributed by atoms with Crippen LogP contribution in [0.2, 0.25) is 0 Å². The molecule has 2 aromatic rings. The van der Waals surface area contributed by atoms with Gasteiger partial charge in [-0.3, -0.25) is 0 Å². The molecule has 0 aromatic carbocycles. The fourth-order valence-electron chi connectivity index (χ4n) is 2.24. The predicted octanol–water partition coefficient (Wildman–Crippen LogP) is 0.867. The maximum absolute atomic E-state index is 11.1. The second-order valence-electron chi connectivity index (χ2n) is 3.95. The summed E-state index contributed by atoms with van der Waals surface area (Å²) in [6, 6.07) is 3.40. The second-order valence-corrected chi connectivity index (χ2v) is 3.95. The summed E-state index contributed by atoms with van der Waals surface area (Å²) in [6.45, 7) is 1.38. The summed E-state index contributed by atoms with van der Waals surface area (Å²) in [5, 5.41) is 16.1. The highest BCUT2D eigenvalue weighted by Crippen LogP contribution is 2.26. The third-order valence-electron chi connectivity index (χ3n) is 3.00. The SMILES string of the molecule is O=C(O)c1ccc2n1CCNC2c1cnoc1. The number of hydrogen-bond donors (Lipinski definition) is 2. The lowest BCUT2D eigenvalue weighted by Gasteiger charge is -2.26. The first-order valence-corrected chi connectivity index (χ1v) is 5.33. The molecule has 1 aliphatic rings. The van der Waals surface area contributed by atoms with Gasteiger partial charge in [0, 0.05) is 24.3 Å². The normalized spacial score (nSPS) is 18.9. The summed E-state index contributed by atoms with van der Waals surface area (Å²) in [6.07, 6.45) is 3.21. The van der Waals surface area contributed by atoms with Crippen molar-refractivity contribution in [1.29, 1.82) is 0 Å². The number of hydrogen-bond acceptors (Lipinski definition) is 4. The first-order valence-electron chi connectivity index (χ1n) is 5.33. The van der Waals surface area contributed by atoms with Crippen molar-refractivity contribution in [3.63, 3.8) is 0 Å². The quantitative estimate of drug-likeness (QED) is 0.804. The van der Waals surface area contributed by atoms with E-state index in [1.54, 1.807) is 18.5 Å². The van der Waals surface area contributed by atoms with Crippen LogP contribution in [0, 0.1) is 0 Å². The molecule has 0 spiro atoms. The highest BCUT2D eigenvalue weighted by atomic mass is 16.5. The molecular formula is C11H11N3O3. The molecule has 0 fully saturated rings. The molecule has 3 rings (SSSR count). The summed E-state index contributed by atoms with van der Waals surface area (Å²) in [5.41, 5.74) is 2.15. The van der Waals surface area contributed by atoms with Gasteiger partial charge in [0.1, 0.15) is 12.0 Å². The summed E-state index contributed by atoms with van der Waals surface area (Å²) in [7, 11) is 0. The molecule has 6 nitrogen and oxygen atoms in total. The lowest BCUT2D eigenvalue weighted by Crippen LogP contribution is -2.34. The number of aromatic carboxylic acids is 1. The molecule has 0 aliphatic carbocycles. The Bertz CT molecular complexity index is 544. The number of fused-ring (bicyclic) bond motifs is 1. The Morgan fingerprint density at radius 3 is 3.18 bits per heavy atom. The van der Waals surface area contributed by atoms with Crippen molar-refractivity contribution in [2.75, 3.05) is 6.54 Å². The molecule has 3 heterocycles. The average molecular weight is 233 g/mol. The van der Waals surface area contributed by atoms with E-state index < -0.39 is 5.97 Å². The van der Waals surface area contributed by atoms with Crippen LogP contribution < -0.4 is 5.32 Å². The Morgan fingerprint density at radius 1 is 1.59 bits per heavy atom. The fourth-order valence-corrected chi connectivity index (χ4v) is 2.24. The van der Waals surface area contributed by atoms with Gasteiger partial charge >= 0.3 is 5.97 Å². The molecule has 17 heavy (non-hydrogen) atoms. The van der Waals surface area contributed by atoms with E-state index in [4.69, 9.17) is 9.63 Å². The first kappa shape index (κ1) is 10.1. The van der Waals surface area contributed by atoms with E-state index in [0.717, 1.165) is 17.8 Å². The standard InChI is InChI=1S/C11H11N3O3/c15-11(16)9-2-1-8-10(7-5-13-17-6-7)12-3-4-14(8)9/h1-2,5-6,10,12H,3-4H2,(H,15,16). The van der Waals surface area contributed by atoms with Gasteiger partial charge in [-0.25, -0.2) is 4.79 Å². The third-order valence-corrected chi connectivity index (χ3v) is 3.00. The first-order chi connectivity index (χ1) is 8.27. The van der Waals surface area contributed by atoms with E-state index in [-0.39, 0.29) is 6.04 Å². The molecule has 0 amide bonds. The highest BCUT2D eigenvalue weighted by molar-refractivity contribution is 5.86. The molecule has 6 heteroatoms. The van der Waals surface area contributed by atoms with Gasteiger partial charge in [-0.05, 0) is 12.1 Å². The monoisotopic (exact) mass is 233 g/mol. The minimum atomic E-state index is -0.901. The Kier molecular flexibility index (Phi) is 2.22. The van der Waals surface area contributed by atoms with Crippen LogP contribution >= 0.6 is 0 Å². The van der Waals surface area contributed by atoms with Crippen molar-refractivity contribution >= 4 is 5.97 Å². The topological polar surface area (TPSA) is 80.3 Å². The minimum absolute atomic E-state index is 0.0527. The molecule has 0 bridgehead atoms. The Morgan fingerprint density at radius 2 is 2.47 bits per heavy atom. The summed E-state index contributed by atoms with van der Waals surface area (Å²) >= 11 is 0. The lowest BCUT2D eigenvalue weighted by atomic mass is 10.1. The van der Waals surface area contributed by atoms with E-state index in [1.165, 1.54) is 0 Å². The average Bonchev–Trinajstić information content (AvgIpc) is 2.97. The molecule has 0 saturated carbocycles. The van der Waals surface area contributed by atoms with Crippen LogP contribution in [0.5, 0.6) is 0 Å². The Labute approximate surface area is 96.8 Å². The van der Waals surface area contributed by atoms with E-state index in [0.29, 0.717) is 12.2 Å². The van der Waals surface area contributed by atoms with Crippen LogP contribution in [-0.2, 0) is 6.54 Å². The Hall–Kier alpha value is -2.08. The van der Waals surface area contributed by atoms with Crippen molar-refractivity contribution in [3.05, 3.63) is 41.5 Å². The van der Waals surface area contributed by atoms with Crippen molar-refractivity contribution in [2.24, 2.45) is 0 Å². The number of nitrogens with zero attached hydrogens (tertiary/aromatic N) is 2. The van der Waals surface area contributed by atoms with Gasteiger partial charge in [-0.1, -0.05) is 5.16 Å². The molecular weight excluding hydrogens is 222 g/mol. The van der Waals surface area contributed by atoms with E-state index in [2.05, 4.69) is 10.5 Å². The second kappa shape index (κ2) is 3.74. The highest BCUT2D eigenvalue weighted by Gasteiger charge is 2.26. The maximum Gasteiger partial charge on any atom is 0.352 e. The lowest BCUT2D eigenvalue weighted by molar-refractivity contribution is 0.0683. The van der Waals surface area contributed by atoms with Crippen molar-refractivity contribution < 1.29 is 14.4 Å². The number of carboxylic acid groups (broad SMARTS) is 1. The van der Waals surface area contributed by atoms with Gasteiger partial charge in [0.2, 0.25) is 0 Å². The van der Waals surface area contributed by atoms with E-state index in [1.807, 2.05) is 10.6 Å². The number of aromatic nitrogens is 2. The minimum Gasteiger partial charge on any atom is -0.477 e.